The molecule has 0 bridgehead atoms. The summed E-state index contributed by atoms with van der Waals surface area (Å²) < 4.78 is 22.4. The van der Waals surface area contributed by atoms with E-state index in [9.17, 15) is 9.59 Å². The zero-order chi connectivity index (χ0) is 23.8. The second kappa shape index (κ2) is 8.91. The molecule has 6 nitrogen and oxygen atoms in total. The Morgan fingerprint density at radius 2 is 1.71 bits per heavy atom. The average molecular weight is 475 g/mol. The minimum atomic E-state index is -0.343. The first-order valence-electron chi connectivity index (χ1n) is 10.7. The van der Waals surface area contributed by atoms with Crippen molar-refractivity contribution >= 4 is 28.7 Å². The number of carbonyl (C=O) groups is 1. The fraction of sp³-hybridized carbons (Fsp3) is 0.185. The highest BCUT2D eigenvalue weighted by Crippen LogP contribution is 2.46. The molecule has 34 heavy (non-hydrogen) atoms. The van der Waals surface area contributed by atoms with Crippen LogP contribution in [0, 0.1) is 0 Å². The van der Waals surface area contributed by atoms with Crippen molar-refractivity contribution < 1.29 is 23.4 Å². The van der Waals surface area contributed by atoms with Crippen LogP contribution in [0.4, 0.5) is 0 Å². The van der Waals surface area contributed by atoms with Gasteiger partial charge in [-0.25, -0.2) is 0 Å². The van der Waals surface area contributed by atoms with Crippen molar-refractivity contribution in [1.29, 1.82) is 0 Å². The van der Waals surface area contributed by atoms with Crippen LogP contribution in [-0.4, -0.2) is 26.4 Å². The Balaban J connectivity index is 1.74. The molecule has 172 valence electrons. The average Bonchev–Trinajstić information content (AvgIpc) is 2.87. The van der Waals surface area contributed by atoms with E-state index >= 15 is 0 Å². The molecule has 0 amide bonds. The van der Waals surface area contributed by atoms with Gasteiger partial charge in [-0.15, -0.1) is 11.8 Å². The third kappa shape index (κ3) is 3.72. The summed E-state index contributed by atoms with van der Waals surface area (Å²) in [6.07, 6.45) is 3.62. The van der Waals surface area contributed by atoms with E-state index in [4.69, 9.17) is 18.6 Å². The van der Waals surface area contributed by atoms with Crippen molar-refractivity contribution in [3.8, 4) is 28.4 Å². The molecule has 1 aromatic heterocycles. The molecule has 4 aromatic rings. The van der Waals surface area contributed by atoms with Crippen molar-refractivity contribution in [2.75, 3.05) is 20.5 Å². The first-order valence-corrected chi connectivity index (χ1v) is 11.9. The Kier molecular flexibility index (Phi) is 5.79. The quantitative estimate of drug-likeness (QED) is 0.210. The molecule has 0 aliphatic carbocycles. The van der Waals surface area contributed by atoms with Crippen LogP contribution in [0.25, 0.3) is 22.1 Å². The van der Waals surface area contributed by atoms with Crippen LogP contribution in [0.5, 0.6) is 17.2 Å². The van der Waals surface area contributed by atoms with Gasteiger partial charge in [0.1, 0.15) is 34.5 Å². The Morgan fingerprint density at radius 3 is 2.35 bits per heavy atom. The lowest BCUT2D eigenvalue weighted by atomic mass is 9.85. The summed E-state index contributed by atoms with van der Waals surface area (Å²) in [5.41, 5.74) is 2.87. The van der Waals surface area contributed by atoms with Gasteiger partial charge < -0.3 is 18.6 Å². The third-order valence-electron chi connectivity index (χ3n) is 6.09. The van der Waals surface area contributed by atoms with Gasteiger partial charge in [0.25, 0.3) is 0 Å². The topological polar surface area (TPSA) is 75.0 Å². The van der Waals surface area contributed by atoms with Crippen LogP contribution in [0.15, 0.2) is 75.0 Å². The molecule has 0 spiro atoms. The maximum absolute atomic E-state index is 13.7. The Bertz CT molecular complexity index is 1440. The van der Waals surface area contributed by atoms with Gasteiger partial charge in [-0.05, 0) is 41.6 Å². The molecule has 0 saturated heterocycles. The molecular formula is C27H22O6S. The van der Waals surface area contributed by atoms with E-state index in [1.807, 2.05) is 30.5 Å². The van der Waals surface area contributed by atoms with E-state index in [2.05, 4.69) is 0 Å². The first-order chi connectivity index (χ1) is 16.5. The molecule has 0 saturated carbocycles. The van der Waals surface area contributed by atoms with Crippen LogP contribution >= 0.6 is 11.8 Å². The highest BCUT2D eigenvalue weighted by molar-refractivity contribution is 7.98. The summed E-state index contributed by atoms with van der Waals surface area (Å²) in [7, 11) is 3.06. The summed E-state index contributed by atoms with van der Waals surface area (Å²) in [6.45, 7) is 0. The second-order valence-corrected chi connectivity index (χ2v) is 8.79. The van der Waals surface area contributed by atoms with Crippen molar-refractivity contribution in [3.63, 3.8) is 0 Å². The fourth-order valence-corrected chi connectivity index (χ4v) is 4.78. The number of benzene rings is 3. The molecule has 7 heteroatoms. The number of methoxy groups -OCH3 is 2. The number of ether oxygens (including phenoxy) is 3. The van der Waals surface area contributed by atoms with E-state index in [1.165, 1.54) is 13.4 Å². The predicted octanol–water partition coefficient (Wildman–Crippen LogP) is 5.64. The Labute approximate surface area is 200 Å². The number of rotatable bonds is 5. The summed E-state index contributed by atoms with van der Waals surface area (Å²) in [5.74, 6) is 0.683. The van der Waals surface area contributed by atoms with E-state index < -0.39 is 0 Å². The van der Waals surface area contributed by atoms with Gasteiger partial charge in [0, 0.05) is 22.4 Å². The monoisotopic (exact) mass is 474 g/mol. The zero-order valence-electron chi connectivity index (χ0n) is 18.9. The highest BCUT2D eigenvalue weighted by atomic mass is 32.2. The number of esters is 1. The van der Waals surface area contributed by atoms with Crippen molar-refractivity contribution in [3.05, 3.63) is 82.2 Å². The van der Waals surface area contributed by atoms with Gasteiger partial charge >= 0.3 is 5.97 Å². The standard InChI is InChI=1S/C27H22O6S/c1-30-17-8-4-16(5-9-17)20-14-32-27-24-19(15-6-10-18(34-3)11-7-15)12-23(28)33-22(24)13-21(31-2)25(27)26(20)29/h4-11,13-14,19H,12H2,1-3H3/t19-/m0/s1. The van der Waals surface area contributed by atoms with Gasteiger partial charge in [-0.3, -0.25) is 9.59 Å². The summed E-state index contributed by atoms with van der Waals surface area (Å²) >= 11 is 1.65. The van der Waals surface area contributed by atoms with Crippen LogP contribution in [-0.2, 0) is 4.79 Å². The summed E-state index contributed by atoms with van der Waals surface area (Å²) in [4.78, 5) is 27.2. The van der Waals surface area contributed by atoms with Gasteiger partial charge in [0.2, 0.25) is 5.43 Å². The molecule has 1 atom stereocenters. The lowest BCUT2D eigenvalue weighted by Crippen LogP contribution is -2.22. The van der Waals surface area contributed by atoms with Crippen molar-refractivity contribution in [1.82, 2.24) is 0 Å². The van der Waals surface area contributed by atoms with Gasteiger partial charge in [-0.2, -0.15) is 0 Å². The number of fused-ring (bicyclic) bond motifs is 3. The van der Waals surface area contributed by atoms with Gasteiger partial charge in [0.15, 0.2) is 0 Å². The molecule has 3 aromatic carbocycles. The lowest BCUT2D eigenvalue weighted by molar-refractivity contribution is -0.135. The summed E-state index contributed by atoms with van der Waals surface area (Å²) in [5, 5.41) is 0.318. The maximum Gasteiger partial charge on any atom is 0.312 e. The molecule has 0 fully saturated rings. The number of hydrogen-bond acceptors (Lipinski definition) is 7. The predicted molar refractivity (Wildman–Crippen MR) is 131 cm³/mol. The SMILES string of the molecule is COc1ccc(-c2coc3c4c(cc(OC)c3c2=O)OC(=O)C[C@H]4c2ccc(SC)cc2)cc1. The molecule has 1 aliphatic rings. The first kappa shape index (κ1) is 22.1. The number of hydrogen-bond donors (Lipinski definition) is 0. The normalized spacial score (nSPS) is 15.0. The minimum absolute atomic E-state index is 0.150. The maximum atomic E-state index is 13.7. The van der Waals surface area contributed by atoms with Crippen LogP contribution in [0.3, 0.4) is 0 Å². The molecule has 1 aliphatic heterocycles. The molecular weight excluding hydrogens is 452 g/mol. The van der Waals surface area contributed by atoms with E-state index in [1.54, 1.807) is 49.2 Å². The van der Waals surface area contributed by atoms with E-state index in [-0.39, 0.29) is 23.7 Å². The molecule has 0 N–H and O–H groups in total. The van der Waals surface area contributed by atoms with Crippen molar-refractivity contribution in [2.45, 2.75) is 17.2 Å². The minimum Gasteiger partial charge on any atom is -0.497 e. The molecule has 2 heterocycles. The van der Waals surface area contributed by atoms with Crippen LogP contribution in [0.2, 0.25) is 0 Å². The Hall–Kier alpha value is -3.71. The Morgan fingerprint density at radius 1 is 0.971 bits per heavy atom. The largest absolute Gasteiger partial charge is 0.497 e. The zero-order valence-corrected chi connectivity index (χ0v) is 19.7. The highest BCUT2D eigenvalue weighted by Gasteiger charge is 2.34. The van der Waals surface area contributed by atoms with Crippen LogP contribution < -0.4 is 19.6 Å². The summed E-state index contributed by atoms with van der Waals surface area (Å²) in [6, 6.07) is 16.8. The lowest BCUT2D eigenvalue weighted by Gasteiger charge is -2.26. The number of carbonyl (C=O) groups excluding carboxylic acids is 1. The van der Waals surface area contributed by atoms with Crippen LogP contribution in [0.1, 0.15) is 23.5 Å². The molecule has 0 unspecified atom stereocenters. The smallest absolute Gasteiger partial charge is 0.312 e. The van der Waals surface area contributed by atoms with E-state index in [0.29, 0.717) is 44.9 Å². The molecule has 5 rings (SSSR count). The second-order valence-electron chi connectivity index (χ2n) is 7.91. The third-order valence-corrected chi connectivity index (χ3v) is 6.84. The number of thioether (sulfide) groups is 1. The fourth-order valence-electron chi connectivity index (χ4n) is 4.37. The van der Waals surface area contributed by atoms with Crippen molar-refractivity contribution in [2.24, 2.45) is 0 Å². The molecule has 0 radical (unpaired) electrons. The van der Waals surface area contributed by atoms with Gasteiger partial charge in [-0.1, -0.05) is 24.3 Å². The van der Waals surface area contributed by atoms with E-state index in [0.717, 1.165) is 10.5 Å². The van der Waals surface area contributed by atoms with Gasteiger partial charge in [0.05, 0.1) is 26.2 Å².